The van der Waals surface area contributed by atoms with Crippen LogP contribution in [-0.2, 0) is 9.53 Å². The average Bonchev–Trinajstić information content (AvgIpc) is 3.21. The standard InChI is InChI=1S/C22H31N3O2S.ClH/c1-18(26)24-10-6-19(7-11-24)27-16-3-9-23-12-14-25(15-13-23)21-4-2-5-22-20(21)8-17-28-22;/h2,4-5,8,17,19H,3,6-7,9-16H2,1H3;1H. The maximum Gasteiger partial charge on any atom is 0.219 e. The van der Waals surface area contributed by atoms with Crippen LogP contribution < -0.4 is 4.90 Å². The van der Waals surface area contributed by atoms with E-state index in [1.165, 1.54) is 15.8 Å². The third-order valence-corrected chi connectivity index (χ3v) is 6.93. The number of anilines is 1. The number of amides is 1. The quantitative estimate of drug-likeness (QED) is 0.643. The van der Waals surface area contributed by atoms with Gasteiger partial charge in [-0.05, 0) is 42.8 Å². The SMILES string of the molecule is CC(=O)N1CCC(OCCCN2CCN(c3cccc4sccc34)CC2)CC1.Cl. The van der Waals surface area contributed by atoms with Crippen molar-refractivity contribution in [1.82, 2.24) is 9.80 Å². The summed E-state index contributed by atoms with van der Waals surface area (Å²) >= 11 is 1.82. The van der Waals surface area contributed by atoms with Crippen molar-refractivity contribution >= 4 is 45.4 Å². The second kappa shape index (κ2) is 10.6. The molecule has 0 spiro atoms. The van der Waals surface area contributed by atoms with Crippen LogP contribution in [0.4, 0.5) is 5.69 Å². The molecule has 1 amide bonds. The lowest BCUT2D eigenvalue weighted by Gasteiger charge is -2.36. The molecule has 0 radical (unpaired) electrons. The number of benzene rings is 1. The van der Waals surface area contributed by atoms with Gasteiger partial charge in [0.2, 0.25) is 5.91 Å². The summed E-state index contributed by atoms with van der Waals surface area (Å²) in [6.07, 6.45) is 3.38. The molecule has 0 aliphatic carbocycles. The Bertz CT molecular complexity index is 783. The molecule has 4 rings (SSSR count). The van der Waals surface area contributed by atoms with Gasteiger partial charge in [-0.25, -0.2) is 0 Å². The van der Waals surface area contributed by atoms with E-state index in [1.807, 2.05) is 16.2 Å². The van der Waals surface area contributed by atoms with Crippen LogP contribution in [0.25, 0.3) is 10.1 Å². The molecule has 5 nitrogen and oxygen atoms in total. The van der Waals surface area contributed by atoms with Crippen LogP contribution in [0.3, 0.4) is 0 Å². The molecule has 0 bridgehead atoms. The molecule has 2 aromatic rings. The molecule has 3 heterocycles. The van der Waals surface area contributed by atoms with E-state index >= 15 is 0 Å². The van der Waals surface area contributed by atoms with Crippen LogP contribution >= 0.6 is 23.7 Å². The summed E-state index contributed by atoms with van der Waals surface area (Å²) in [5.74, 6) is 0.188. The number of thiophene rings is 1. The van der Waals surface area contributed by atoms with E-state index < -0.39 is 0 Å². The van der Waals surface area contributed by atoms with Gasteiger partial charge in [0.1, 0.15) is 0 Å². The Hall–Kier alpha value is -1.34. The Labute approximate surface area is 184 Å². The van der Waals surface area contributed by atoms with Crippen molar-refractivity contribution in [3.05, 3.63) is 29.6 Å². The highest BCUT2D eigenvalue weighted by molar-refractivity contribution is 7.17. The van der Waals surface area contributed by atoms with Gasteiger partial charge in [0.25, 0.3) is 0 Å². The molecule has 1 aromatic carbocycles. The van der Waals surface area contributed by atoms with Crippen molar-refractivity contribution in [3.8, 4) is 0 Å². The topological polar surface area (TPSA) is 36.0 Å². The lowest BCUT2D eigenvalue weighted by molar-refractivity contribution is -0.131. The molecule has 7 heteroatoms. The molecule has 0 atom stereocenters. The second-order valence-electron chi connectivity index (χ2n) is 7.87. The average molecular weight is 438 g/mol. The minimum Gasteiger partial charge on any atom is -0.378 e. The fourth-order valence-electron chi connectivity index (χ4n) is 4.34. The lowest BCUT2D eigenvalue weighted by Crippen LogP contribution is -2.46. The first-order valence-electron chi connectivity index (χ1n) is 10.5. The number of halogens is 1. The number of hydrogen-bond donors (Lipinski definition) is 0. The van der Waals surface area contributed by atoms with Crippen molar-refractivity contribution in [3.63, 3.8) is 0 Å². The van der Waals surface area contributed by atoms with Gasteiger partial charge in [-0.2, -0.15) is 0 Å². The first-order chi connectivity index (χ1) is 13.7. The van der Waals surface area contributed by atoms with E-state index in [2.05, 4.69) is 39.4 Å². The smallest absolute Gasteiger partial charge is 0.219 e. The van der Waals surface area contributed by atoms with Crippen LogP contribution in [0.5, 0.6) is 0 Å². The molecule has 2 aliphatic heterocycles. The summed E-state index contributed by atoms with van der Waals surface area (Å²) < 4.78 is 7.44. The van der Waals surface area contributed by atoms with Gasteiger partial charge in [-0.3, -0.25) is 9.69 Å². The van der Waals surface area contributed by atoms with Crippen LogP contribution in [-0.4, -0.2) is 74.2 Å². The first-order valence-corrected chi connectivity index (χ1v) is 11.4. The number of likely N-dealkylation sites (tertiary alicyclic amines) is 1. The summed E-state index contributed by atoms with van der Waals surface area (Å²) in [5.41, 5.74) is 1.39. The third kappa shape index (κ3) is 5.63. The van der Waals surface area contributed by atoms with Crippen molar-refractivity contribution < 1.29 is 9.53 Å². The molecular formula is C22H32ClN3O2S. The van der Waals surface area contributed by atoms with E-state index in [4.69, 9.17) is 4.74 Å². The maximum atomic E-state index is 11.4. The van der Waals surface area contributed by atoms with E-state index in [1.54, 1.807) is 6.92 Å². The van der Waals surface area contributed by atoms with E-state index in [0.717, 1.165) is 71.7 Å². The Morgan fingerprint density at radius 3 is 2.59 bits per heavy atom. The third-order valence-electron chi connectivity index (χ3n) is 6.05. The predicted octanol–water partition coefficient (Wildman–Crippen LogP) is 3.86. The molecule has 29 heavy (non-hydrogen) atoms. The normalized spacial score (nSPS) is 18.8. The Morgan fingerprint density at radius 1 is 1.10 bits per heavy atom. The molecule has 160 valence electrons. The summed E-state index contributed by atoms with van der Waals surface area (Å²) in [4.78, 5) is 18.4. The summed E-state index contributed by atoms with van der Waals surface area (Å²) in [6, 6.07) is 8.90. The van der Waals surface area contributed by atoms with Gasteiger partial charge in [-0.1, -0.05) is 6.07 Å². The molecule has 2 fully saturated rings. The van der Waals surface area contributed by atoms with Crippen LogP contribution in [0, 0.1) is 0 Å². The summed E-state index contributed by atoms with van der Waals surface area (Å²) in [7, 11) is 0. The van der Waals surface area contributed by atoms with Crippen molar-refractivity contribution in [2.24, 2.45) is 0 Å². The Kier molecular flexibility index (Phi) is 8.18. The minimum absolute atomic E-state index is 0. The number of ether oxygens (including phenoxy) is 1. The van der Waals surface area contributed by atoms with Gasteiger partial charge in [-0.15, -0.1) is 23.7 Å². The van der Waals surface area contributed by atoms with E-state index in [9.17, 15) is 4.79 Å². The predicted molar refractivity (Wildman–Crippen MR) is 124 cm³/mol. The van der Waals surface area contributed by atoms with Gasteiger partial charge < -0.3 is 14.5 Å². The molecule has 0 saturated carbocycles. The molecule has 0 unspecified atom stereocenters. The van der Waals surface area contributed by atoms with Gasteiger partial charge in [0.05, 0.1) is 6.10 Å². The molecule has 2 saturated heterocycles. The molecular weight excluding hydrogens is 406 g/mol. The molecule has 0 N–H and O–H groups in total. The second-order valence-corrected chi connectivity index (χ2v) is 8.82. The monoisotopic (exact) mass is 437 g/mol. The highest BCUT2D eigenvalue weighted by Crippen LogP contribution is 2.31. The number of piperazine rings is 1. The lowest BCUT2D eigenvalue weighted by atomic mass is 10.1. The van der Waals surface area contributed by atoms with Gasteiger partial charge in [0.15, 0.2) is 0 Å². The van der Waals surface area contributed by atoms with E-state index in [-0.39, 0.29) is 18.3 Å². The van der Waals surface area contributed by atoms with E-state index in [0.29, 0.717) is 6.10 Å². The van der Waals surface area contributed by atoms with Crippen molar-refractivity contribution in [1.29, 1.82) is 0 Å². The minimum atomic E-state index is 0. The highest BCUT2D eigenvalue weighted by atomic mass is 35.5. The van der Waals surface area contributed by atoms with Gasteiger partial charge >= 0.3 is 0 Å². The molecule has 2 aliphatic rings. The number of carbonyl (C=O) groups excluding carboxylic acids is 1. The zero-order valence-electron chi connectivity index (χ0n) is 17.2. The summed E-state index contributed by atoms with van der Waals surface area (Å²) in [5, 5.41) is 3.58. The number of carbonyl (C=O) groups is 1. The number of piperidine rings is 1. The number of fused-ring (bicyclic) bond motifs is 1. The summed E-state index contributed by atoms with van der Waals surface area (Å²) in [6.45, 7) is 9.73. The number of rotatable bonds is 6. The Balaban J connectivity index is 0.00000240. The fourth-order valence-corrected chi connectivity index (χ4v) is 5.15. The van der Waals surface area contributed by atoms with Crippen molar-refractivity contribution in [2.45, 2.75) is 32.3 Å². The van der Waals surface area contributed by atoms with Crippen LogP contribution in [0.15, 0.2) is 29.6 Å². The zero-order chi connectivity index (χ0) is 19.3. The maximum absolute atomic E-state index is 11.4. The molecule has 1 aromatic heterocycles. The largest absolute Gasteiger partial charge is 0.378 e. The fraction of sp³-hybridized carbons (Fsp3) is 0.591. The zero-order valence-corrected chi connectivity index (χ0v) is 18.8. The Morgan fingerprint density at radius 2 is 1.86 bits per heavy atom. The van der Waals surface area contributed by atoms with Gasteiger partial charge in [0, 0.05) is 75.1 Å². The highest BCUT2D eigenvalue weighted by Gasteiger charge is 2.21. The van der Waals surface area contributed by atoms with Crippen LogP contribution in [0.1, 0.15) is 26.2 Å². The van der Waals surface area contributed by atoms with Crippen LogP contribution in [0.2, 0.25) is 0 Å². The number of nitrogens with zero attached hydrogens (tertiary/aromatic N) is 3. The first kappa shape index (κ1) is 22.3. The van der Waals surface area contributed by atoms with Crippen molar-refractivity contribution in [2.75, 3.05) is 57.3 Å². The number of hydrogen-bond acceptors (Lipinski definition) is 5.